The van der Waals surface area contributed by atoms with Crippen LogP contribution in [0.3, 0.4) is 0 Å². The number of amides is 1. The number of nitrogens with zero attached hydrogens (tertiary/aromatic N) is 4. The molecule has 0 N–H and O–H groups in total. The van der Waals surface area contributed by atoms with Gasteiger partial charge in [-0.3, -0.25) is 9.69 Å². The zero-order chi connectivity index (χ0) is 17.8. The molecule has 1 aliphatic heterocycles. The summed E-state index contributed by atoms with van der Waals surface area (Å²) in [6.45, 7) is 8.74. The van der Waals surface area contributed by atoms with Gasteiger partial charge in [-0.05, 0) is 31.0 Å². The molecule has 3 rings (SSSR count). The van der Waals surface area contributed by atoms with Gasteiger partial charge in [-0.1, -0.05) is 43.3 Å². The van der Waals surface area contributed by atoms with Crippen molar-refractivity contribution in [3.8, 4) is 0 Å². The number of likely N-dealkylation sites (N-methyl/N-ethyl adjacent to an activating group) is 2. The van der Waals surface area contributed by atoms with Gasteiger partial charge in [0.2, 0.25) is 11.8 Å². The summed E-state index contributed by atoms with van der Waals surface area (Å²) in [5, 5.41) is 3.92. The van der Waals surface area contributed by atoms with Crippen LogP contribution in [0.4, 0.5) is 0 Å². The summed E-state index contributed by atoms with van der Waals surface area (Å²) in [6, 6.07) is 8.26. The van der Waals surface area contributed by atoms with E-state index in [0.29, 0.717) is 24.8 Å². The Kier molecular flexibility index (Phi) is 5.48. The third-order valence-corrected chi connectivity index (χ3v) is 4.88. The van der Waals surface area contributed by atoms with Crippen molar-refractivity contribution in [1.82, 2.24) is 19.9 Å². The van der Waals surface area contributed by atoms with E-state index in [1.807, 2.05) is 24.8 Å². The number of carbonyl (C=O) groups is 1. The van der Waals surface area contributed by atoms with Crippen LogP contribution in [0.5, 0.6) is 0 Å². The summed E-state index contributed by atoms with van der Waals surface area (Å²) in [4.78, 5) is 21.6. The molecule has 0 aliphatic carbocycles. The third kappa shape index (κ3) is 3.74. The molecule has 6 heteroatoms. The average molecular weight is 342 g/mol. The molecule has 1 aromatic carbocycles. The Balaban J connectivity index is 1.77. The van der Waals surface area contributed by atoms with E-state index < -0.39 is 0 Å². The van der Waals surface area contributed by atoms with Gasteiger partial charge in [0.1, 0.15) is 6.54 Å². The van der Waals surface area contributed by atoms with Crippen molar-refractivity contribution in [2.75, 3.05) is 13.1 Å². The first kappa shape index (κ1) is 17.6. The predicted molar refractivity (Wildman–Crippen MR) is 94.8 cm³/mol. The van der Waals surface area contributed by atoms with E-state index in [-0.39, 0.29) is 11.9 Å². The van der Waals surface area contributed by atoms with Crippen LogP contribution in [0.25, 0.3) is 0 Å². The van der Waals surface area contributed by atoms with Crippen LogP contribution in [0.2, 0.25) is 0 Å². The Bertz CT molecular complexity index is 728. The van der Waals surface area contributed by atoms with Crippen LogP contribution in [0.15, 0.2) is 28.8 Å². The van der Waals surface area contributed by atoms with Crippen molar-refractivity contribution in [2.45, 2.75) is 52.7 Å². The van der Waals surface area contributed by atoms with Gasteiger partial charge >= 0.3 is 0 Å². The lowest BCUT2D eigenvalue weighted by Gasteiger charge is -2.37. The van der Waals surface area contributed by atoms with Gasteiger partial charge in [-0.2, -0.15) is 4.98 Å². The summed E-state index contributed by atoms with van der Waals surface area (Å²) in [6.07, 6.45) is 1.48. The monoisotopic (exact) mass is 342 g/mol. The van der Waals surface area contributed by atoms with Crippen LogP contribution in [-0.4, -0.2) is 45.0 Å². The van der Waals surface area contributed by atoms with E-state index in [1.165, 1.54) is 11.1 Å². The first-order valence-corrected chi connectivity index (χ1v) is 9.07. The van der Waals surface area contributed by atoms with Gasteiger partial charge in [0.15, 0.2) is 5.82 Å². The molecular formula is C19H26N4O2. The van der Waals surface area contributed by atoms with Crippen LogP contribution in [0.1, 0.15) is 43.6 Å². The molecule has 134 valence electrons. The molecule has 0 saturated carbocycles. The molecule has 25 heavy (non-hydrogen) atoms. The number of hydrogen-bond donors (Lipinski definition) is 0. The van der Waals surface area contributed by atoms with Gasteiger partial charge in [0.05, 0.1) is 6.04 Å². The van der Waals surface area contributed by atoms with Crippen LogP contribution in [0, 0.1) is 0 Å². The van der Waals surface area contributed by atoms with E-state index in [9.17, 15) is 4.79 Å². The molecule has 1 amide bonds. The molecule has 6 nitrogen and oxygen atoms in total. The number of hydrogen-bond acceptors (Lipinski definition) is 5. The van der Waals surface area contributed by atoms with Crippen LogP contribution in [-0.2, 0) is 30.7 Å². The van der Waals surface area contributed by atoms with Crippen molar-refractivity contribution in [2.24, 2.45) is 0 Å². The summed E-state index contributed by atoms with van der Waals surface area (Å²) in [7, 11) is 0. The number of aryl methyl sites for hydroxylation is 1. The van der Waals surface area contributed by atoms with Crippen LogP contribution < -0.4 is 0 Å². The van der Waals surface area contributed by atoms with Gasteiger partial charge in [0, 0.05) is 19.5 Å². The molecule has 1 unspecified atom stereocenters. The summed E-state index contributed by atoms with van der Waals surface area (Å²) < 4.78 is 5.27. The minimum Gasteiger partial charge on any atom is -0.337 e. The van der Waals surface area contributed by atoms with E-state index in [1.54, 1.807) is 0 Å². The maximum atomic E-state index is 13.2. The van der Waals surface area contributed by atoms with E-state index in [4.69, 9.17) is 4.52 Å². The largest absolute Gasteiger partial charge is 0.337 e. The second-order valence-electron chi connectivity index (χ2n) is 6.36. The maximum absolute atomic E-state index is 13.2. The summed E-state index contributed by atoms with van der Waals surface area (Å²) in [5.74, 6) is 1.32. The highest BCUT2D eigenvalue weighted by Gasteiger charge is 2.33. The molecule has 1 atom stereocenters. The molecule has 0 bridgehead atoms. The van der Waals surface area contributed by atoms with Crippen molar-refractivity contribution >= 4 is 5.91 Å². The number of aromatic nitrogens is 2. The minimum absolute atomic E-state index is 0.131. The Morgan fingerprint density at radius 2 is 2.04 bits per heavy atom. The van der Waals surface area contributed by atoms with Crippen molar-refractivity contribution in [3.05, 3.63) is 47.1 Å². The lowest BCUT2D eigenvalue weighted by molar-refractivity contribution is -0.138. The molecule has 0 saturated heterocycles. The molecule has 2 aromatic rings. The van der Waals surface area contributed by atoms with Gasteiger partial charge in [0.25, 0.3) is 0 Å². The number of carbonyl (C=O) groups excluding carboxylic acids is 1. The highest BCUT2D eigenvalue weighted by molar-refractivity contribution is 5.82. The topological polar surface area (TPSA) is 62.5 Å². The predicted octanol–water partition coefficient (Wildman–Crippen LogP) is 2.43. The molecule has 0 fully saturated rings. The molecule has 0 radical (unpaired) electrons. The maximum Gasteiger partial charge on any atom is 0.246 e. The van der Waals surface area contributed by atoms with E-state index >= 15 is 0 Å². The average Bonchev–Trinajstić information content (AvgIpc) is 3.12. The second kappa shape index (κ2) is 7.78. The van der Waals surface area contributed by atoms with Gasteiger partial charge in [-0.25, -0.2) is 0 Å². The quantitative estimate of drug-likeness (QED) is 0.807. The van der Waals surface area contributed by atoms with Crippen molar-refractivity contribution < 1.29 is 9.32 Å². The summed E-state index contributed by atoms with van der Waals surface area (Å²) in [5.41, 5.74) is 2.59. The normalized spacial score (nSPS) is 17.3. The fourth-order valence-corrected chi connectivity index (χ4v) is 3.37. The first-order valence-electron chi connectivity index (χ1n) is 9.07. The number of fused-ring (bicyclic) bond motifs is 1. The molecule has 1 aliphatic rings. The zero-order valence-electron chi connectivity index (χ0n) is 15.2. The Hall–Kier alpha value is -2.21. The zero-order valence-corrected chi connectivity index (χ0v) is 15.2. The minimum atomic E-state index is -0.131. The standard InChI is InChI=1S/C19H26N4O2/c1-4-17-20-18(25-21-17)13-23(6-3)19(24)16-11-14-9-7-8-10-15(14)12-22(16)5-2/h7-10,16H,4-6,11-13H2,1-3H3. The number of benzene rings is 1. The van der Waals surface area contributed by atoms with Crippen molar-refractivity contribution in [3.63, 3.8) is 0 Å². The molecule has 1 aromatic heterocycles. The highest BCUT2D eigenvalue weighted by atomic mass is 16.5. The van der Waals surface area contributed by atoms with Gasteiger partial charge in [-0.15, -0.1) is 0 Å². The Labute approximate surface area is 148 Å². The van der Waals surface area contributed by atoms with E-state index in [2.05, 4.69) is 40.2 Å². The van der Waals surface area contributed by atoms with Crippen molar-refractivity contribution in [1.29, 1.82) is 0 Å². The number of rotatable bonds is 6. The van der Waals surface area contributed by atoms with Crippen LogP contribution >= 0.6 is 0 Å². The molecule has 0 spiro atoms. The van der Waals surface area contributed by atoms with Gasteiger partial charge < -0.3 is 9.42 Å². The Morgan fingerprint density at radius 1 is 1.28 bits per heavy atom. The summed E-state index contributed by atoms with van der Waals surface area (Å²) >= 11 is 0. The third-order valence-electron chi connectivity index (χ3n) is 4.88. The molecule has 2 heterocycles. The second-order valence-corrected chi connectivity index (χ2v) is 6.36. The first-order chi connectivity index (χ1) is 12.2. The highest BCUT2D eigenvalue weighted by Crippen LogP contribution is 2.24. The fourth-order valence-electron chi connectivity index (χ4n) is 3.37. The molecular weight excluding hydrogens is 316 g/mol. The van der Waals surface area contributed by atoms with E-state index in [0.717, 1.165) is 25.9 Å². The Morgan fingerprint density at radius 3 is 2.68 bits per heavy atom. The lowest BCUT2D eigenvalue weighted by atomic mass is 9.93. The smallest absolute Gasteiger partial charge is 0.246 e. The fraction of sp³-hybridized carbons (Fsp3) is 0.526. The lowest BCUT2D eigenvalue weighted by Crippen LogP contribution is -2.51. The SMILES string of the molecule is CCc1noc(CN(CC)C(=O)C2Cc3ccccc3CN2CC)n1.